The summed E-state index contributed by atoms with van der Waals surface area (Å²) in [5.74, 6) is 0.431. The van der Waals surface area contributed by atoms with E-state index in [1.807, 2.05) is 45.0 Å². The molecule has 3 heterocycles. The second kappa shape index (κ2) is 11.6. The lowest BCUT2D eigenvalue weighted by atomic mass is 10.1. The number of thiocarbonyl (C=S) groups is 1. The van der Waals surface area contributed by atoms with Crippen LogP contribution < -0.4 is 20.7 Å². The van der Waals surface area contributed by atoms with Crippen molar-refractivity contribution in [2.24, 2.45) is 0 Å². The molecule has 3 N–H and O–H groups in total. The molecule has 1 atom stereocenters. The topological polar surface area (TPSA) is 93.7 Å². The number of pyridine rings is 1. The van der Waals surface area contributed by atoms with E-state index in [2.05, 4.69) is 20.9 Å². The average Bonchev–Trinajstić information content (AvgIpc) is 2.85. The normalized spacial score (nSPS) is 19.4. The monoisotopic (exact) mass is 530 g/mol. The van der Waals surface area contributed by atoms with Crippen molar-refractivity contribution in [3.05, 3.63) is 64.1 Å². The lowest BCUT2D eigenvalue weighted by Gasteiger charge is -2.34. The lowest BCUT2D eigenvalue weighted by Crippen LogP contribution is -2.44. The molecule has 0 bridgehead atoms. The highest BCUT2D eigenvalue weighted by atomic mass is 35.5. The van der Waals surface area contributed by atoms with Crippen LogP contribution in [-0.2, 0) is 20.8 Å². The Bertz CT molecular complexity index is 1160. The number of hydrogen-bond donors (Lipinski definition) is 3. The third-order valence-corrected chi connectivity index (χ3v) is 6.76. The molecule has 10 heteroatoms. The molecular weight excluding hydrogens is 500 g/mol. The molecule has 36 heavy (non-hydrogen) atoms. The Morgan fingerprint density at radius 3 is 2.97 bits per heavy atom. The van der Waals surface area contributed by atoms with Crippen LogP contribution in [0.2, 0.25) is 5.02 Å². The number of hydrogen-bond acceptors (Lipinski definition) is 7. The number of carbonyl (C=O) groups is 1. The minimum Gasteiger partial charge on any atom is -0.489 e. The predicted molar refractivity (Wildman–Crippen MR) is 143 cm³/mol. The van der Waals surface area contributed by atoms with Crippen LogP contribution in [0.15, 0.2) is 47.9 Å². The second-order valence-corrected chi connectivity index (χ2v) is 10.2. The number of ether oxygens (including phenoxy) is 3. The van der Waals surface area contributed by atoms with E-state index in [0.29, 0.717) is 60.7 Å². The first-order valence-electron chi connectivity index (χ1n) is 11.9. The van der Waals surface area contributed by atoms with Crippen molar-refractivity contribution < 1.29 is 19.0 Å². The Kier molecular flexibility index (Phi) is 8.46. The number of anilines is 1. The quantitative estimate of drug-likeness (QED) is 0.442. The van der Waals surface area contributed by atoms with E-state index < -0.39 is 0 Å². The summed E-state index contributed by atoms with van der Waals surface area (Å²) in [5.41, 5.74) is 3.44. The highest BCUT2D eigenvalue weighted by Crippen LogP contribution is 2.25. The Labute approximate surface area is 221 Å². The van der Waals surface area contributed by atoms with Crippen LogP contribution in [0, 0.1) is 6.92 Å². The molecular formula is C26H31ClN4O4S. The van der Waals surface area contributed by atoms with Gasteiger partial charge in [-0.25, -0.2) is 0 Å². The maximum atomic E-state index is 12.8. The zero-order chi connectivity index (χ0) is 25.7. The number of rotatable bonds is 8. The standard InChI is InChI=1S/C26H31ClN4O4S/c1-16-19(27)5-4-6-20(16)31-25(36)23-21(8-10-29-24(23)32)30-11-17-7-9-28-12-22(17)33-13-18-14-35-26(2,3)15-34-18/h4-7,9,12,18,30H,8,10-11,13-15H2,1-3H3,(H,29,32)(H,31,36). The summed E-state index contributed by atoms with van der Waals surface area (Å²) in [4.78, 5) is 17.3. The number of carbonyl (C=O) groups excluding carboxylic acids is 1. The fourth-order valence-corrected chi connectivity index (χ4v) is 4.39. The van der Waals surface area contributed by atoms with Crippen molar-refractivity contribution in [2.75, 3.05) is 31.7 Å². The predicted octanol–water partition coefficient (Wildman–Crippen LogP) is 3.92. The van der Waals surface area contributed by atoms with E-state index in [9.17, 15) is 4.79 Å². The fraction of sp³-hybridized carbons (Fsp3) is 0.423. The third-order valence-electron chi connectivity index (χ3n) is 6.05. The molecule has 0 saturated carbocycles. The first kappa shape index (κ1) is 26.3. The van der Waals surface area contributed by atoms with Gasteiger partial charge < -0.3 is 30.2 Å². The summed E-state index contributed by atoms with van der Waals surface area (Å²) in [6, 6.07) is 7.42. The summed E-state index contributed by atoms with van der Waals surface area (Å²) in [5, 5.41) is 10.1. The number of aromatic nitrogens is 1. The van der Waals surface area contributed by atoms with Crippen LogP contribution in [-0.4, -0.2) is 54.0 Å². The number of amides is 1. The number of halogens is 1. The molecule has 1 fully saturated rings. The molecule has 8 nitrogen and oxygen atoms in total. The number of nitrogens with zero attached hydrogens (tertiary/aromatic N) is 1. The van der Waals surface area contributed by atoms with Gasteiger partial charge in [0.05, 0.1) is 30.6 Å². The molecule has 1 aromatic heterocycles. The Morgan fingerprint density at radius 2 is 2.19 bits per heavy atom. The van der Waals surface area contributed by atoms with E-state index >= 15 is 0 Å². The molecule has 2 aliphatic rings. The summed E-state index contributed by atoms with van der Waals surface area (Å²) in [6.45, 7) is 8.22. The van der Waals surface area contributed by atoms with Gasteiger partial charge in [-0.2, -0.15) is 0 Å². The summed E-state index contributed by atoms with van der Waals surface area (Å²) < 4.78 is 17.7. The molecule has 2 aliphatic heterocycles. The SMILES string of the molecule is Cc1c(Cl)cccc1NC(=S)C1=C(NCc2ccncc2OCC2COC(C)(C)CO2)CCNC1=O. The molecule has 1 amide bonds. The minimum absolute atomic E-state index is 0.145. The average molecular weight is 531 g/mol. The third kappa shape index (κ3) is 6.53. The Hall–Kier alpha value is -2.72. The zero-order valence-electron chi connectivity index (χ0n) is 20.7. The van der Waals surface area contributed by atoms with Crippen LogP contribution in [0.5, 0.6) is 5.75 Å². The minimum atomic E-state index is -0.279. The van der Waals surface area contributed by atoms with Crippen molar-refractivity contribution in [1.29, 1.82) is 0 Å². The van der Waals surface area contributed by atoms with Crippen molar-refractivity contribution in [3.63, 3.8) is 0 Å². The van der Waals surface area contributed by atoms with Gasteiger partial charge in [0.2, 0.25) is 0 Å². The van der Waals surface area contributed by atoms with E-state index in [4.69, 9.17) is 38.0 Å². The van der Waals surface area contributed by atoms with Crippen molar-refractivity contribution in [2.45, 2.75) is 45.4 Å². The van der Waals surface area contributed by atoms with Crippen molar-refractivity contribution >= 4 is 40.4 Å². The molecule has 1 aromatic carbocycles. The van der Waals surface area contributed by atoms with E-state index in [0.717, 1.165) is 22.5 Å². The van der Waals surface area contributed by atoms with Gasteiger partial charge in [-0.1, -0.05) is 29.9 Å². The van der Waals surface area contributed by atoms with Crippen LogP contribution in [0.3, 0.4) is 0 Å². The van der Waals surface area contributed by atoms with E-state index in [1.54, 1.807) is 12.4 Å². The zero-order valence-corrected chi connectivity index (χ0v) is 22.2. The highest BCUT2D eigenvalue weighted by molar-refractivity contribution is 7.81. The largest absolute Gasteiger partial charge is 0.489 e. The fourth-order valence-electron chi connectivity index (χ4n) is 3.89. The van der Waals surface area contributed by atoms with Gasteiger partial charge in [-0.05, 0) is 44.5 Å². The van der Waals surface area contributed by atoms with Gasteiger partial charge in [0, 0.05) is 47.7 Å². The molecule has 192 valence electrons. The molecule has 1 saturated heterocycles. The van der Waals surface area contributed by atoms with Gasteiger partial charge in [-0.3, -0.25) is 9.78 Å². The summed E-state index contributed by atoms with van der Waals surface area (Å²) >= 11 is 11.9. The van der Waals surface area contributed by atoms with Gasteiger partial charge in [0.15, 0.2) is 0 Å². The molecule has 0 aliphatic carbocycles. The van der Waals surface area contributed by atoms with Gasteiger partial charge in [0.1, 0.15) is 23.4 Å². The van der Waals surface area contributed by atoms with Gasteiger partial charge in [-0.15, -0.1) is 0 Å². The Balaban J connectivity index is 1.44. The smallest absolute Gasteiger partial charge is 0.256 e. The maximum Gasteiger partial charge on any atom is 0.256 e. The number of nitrogens with one attached hydrogen (secondary N) is 3. The van der Waals surface area contributed by atoms with Gasteiger partial charge in [0.25, 0.3) is 5.91 Å². The van der Waals surface area contributed by atoms with Crippen LogP contribution in [0.4, 0.5) is 5.69 Å². The van der Waals surface area contributed by atoms with E-state index in [-0.39, 0.29) is 17.6 Å². The molecule has 4 rings (SSSR count). The first-order valence-corrected chi connectivity index (χ1v) is 12.6. The lowest BCUT2D eigenvalue weighted by molar-refractivity contribution is -0.181. The second-order valence-electron chi connectivity index (χ2n) is 9.38. The molecule has 0 radical (unpaired) electrons. The Morgan fingerprint density at radius 1 is 1.36 bits per heavy atom. The molecule has 0 spiro atoms. The molecule has 2 aromatic rings. The summed E-state index contributed by atoms with van der Waals surface area (Å²) in [7, 11) is 0. The summed E-state index contributed by atoms with van der Waals surface area (Å²) in [6.07, 6.45) is 3.88. The van der Waals surface area contributed by atoms with Crippen LogP contribution >= 0.6 is 23.8 Å². The highest BCUT2D eigenvalue weighted by Gasteiger charge is 2.29. The van der Waals surface area contributed by atoms with Crippen LogP contribution in [0.1, 0.15) is 31.4 Å². The first-order chi connectivity index (χ1) is 17.2. The molecule has 1 unspecified atom stereocenters. The van der Waals surface area contributed by atoms with E-state index in [1.165, 1.54) is 0 Å². The maximum absolute atomic E-state index is 12.8. The van der Waals surface area contributed by atoms with Crippen molar-refractivity contribution in [3.8, 4) is 5.75 Å². The number of benzene rings is 1. The van der Waals surface area contributed by atoms with Crippen LogP contribution in [0.25, 0.3) is 0 Å². The van der Waals surface area contributed by atoms with Crippen molar-refractivity contribution in [1.82, 2.24) is 15.6 Å². The van der Waals surface area contributed by atoms with Gasteiger partial charge >= 0.3 is 0 Å².